The standard InChI is InChI=1S/C31H30N6O2/c1-36-16-18-37(19-17-36)20-21-6-2-3-7-24(21)30(38)34-23-12-10-22(11-13-23)33-27-14-15-32-29-28(27)25-8-4-5-9-26(25)31(39)35-29/h2-15H,16-20H2,1H3,(H,34,38)(H2,32,33,35,39). The number of carbonyl (C=O) groups excluding carboxylic acids is 1. The number of nitrogens with zero attached hydrogens (tertiary/aromatic N) is 3. The number of benzene rings is 3. The quantitative estimate of drug-likeness (QED) is 0.279. The van der Waals surface area contributed by atoms with Gasteiger partial charge in [-0.3, -0.25) is 14.5 Å². The van der Waals surface area contributed by atoms with Crippen LogP contribution in [0, 0.1) is 0 Å². The Morgan fingerprint density at radius 1 is 0.872 bits per heavy atom. The monoisotopic (exact) mass is 518 g/mol. The number of amides is 1. The van der Waals surface area contributed by atoms with Crippen LogP contribution in [-0.4, -0.2) is 58.9 Å². The number of rotatable bonds is 6. The molecular formula is C31H30N6O2. The van der Waals surface area contributed by atoms with Crippen molar-refractivity contribution in [2.24, 2.45) is 0 Å². The lowest BCUT2D eigenvalue weighted by molar-refractivity contribution is 0.102. The predicted octanol–water partition coefficient (Wildman–Crippen LogP) is 4.82. The highest BCUT2D eigenvalue weighted by Crippen LogP contribution is 2.30. The maximum atomic E-state index is 13.2. The van der Waals surface area contributed by atoms with Crippen molar-refractivity contribution in [3.8, 4) is 0 Å². The van der Waals surface area contributed by atoms with Gasteiger partial charge in [-0.05, 0) is 55.1 Å². The lowest BCUT2D eigenvalue weighted by atomic mass is 10.1. The molecule has 8 nitrogen and oxygen atoms in total. The first-order chi connectivity index (χ1) is 19.0. The molecule has 0 spiro atoms. The van der Waals surface area contributed by atoms with Crippen LogP contribution in [0.4, 0.5) is 17.1 Å². The third kappa shape index (κ3) is 5.25. The summed E-state index contributed by atoms with van der Waals surface area (Å²) in [5.41, 5.74) is 4.51. The van der Waals surface area contributed by atoms with Gasteiger partial charge < -0.3 is 20.5 Å². The first-order valence-electron chi connectivity index (χ1n) is 13.1. The van der Waals surface area contributed by atoms with Crippen molar-refractivity contribution in [3.63, 3.8) is 0 Å². The van der Waals surface area contributed by atoms with Crippen LogP contribution in [0.5, 0.6) is 0 Å². The van der Waals surface area contributed by atoms with Gasteiger partial charge in [0.1, 0.15) is 5.65 Å². The minimum Gasteiger partial charge on any atom is -0.355 e. The van der Waals surface area contributed by atoms with Crippen LogP contribution in [-0.2, 0) is 6.54 Å². The fourth-order valence-electron chi connectivity index (χ4n) is 5.12. The number of piperazine rings is 1. The normalized spacial score (nSPS) is 14.5. The van der Waals surface area contributed by atoms with Crippen LogP contribution in [0.25, 0.3) is 21.8 Å². The number of aromatic nitrogens is 2. The van der Waals surface area contributed by atoms with Crippen molar-refractivity contribution in [3.05, 3.63) is 107 Å². The molecule has 6 rings (SSSR count). The highest BCUT2D eigenvalue weighted by atomic mass is 16.1. The fourth-order valence-corrected chi connectivity index (χ4v) is 5.12. The van der Waals surface area contributed by atoms with Crippen molar-refractivity contribution in [1.82, 2.24) is 19.8 Å². The van der Waals surface area contributed by atoms with Gasteiger partial charge in [0.2, 0.25) is 0 Å². The van der Waals surface area contributed by atoms with Gasteiger partial charge in [-0.15, -0.1) is 0 Å². The number of pyridine rings is 2. The number of fused-ring (bicyclic) bond motifs is 3. The Morgan fingerprint density at radius 2 is 1.56 bits per heavy atom. The summed E-state index contributed by atoms with van der Waals surface area (Å²) < 4.78 is 0. The molecule has 3 N–H and O–H groups in total. The first-order valence-corrected chi connectivity index (χ1v) is 13.1. The number of hydrogen-bond acceptors (Lipinski definition) is 6. The number of likely N-dealkylation sites (N-methyl/N-ethyl adjacent to an activating group) is 1. The molecule has 8 heteroatoms. The van der Waals surface area contributed by atoms with Gasteiger partial charge >= 0.3 is 0 Å². The Labute approximate surface area is 226 Å². The molecule has 1 fully saturated rings. The zero-order valence-corrected chi connectivity index (χ0v) is 21.8. The van der Waals surface area contributed by atoms with Gasteiger partial charge in [0, 0.05) is 72.0 Å². The molecule has 0 atom stereocenters. The van der Waals surface area contributed by atoms with E-state index in [2.05, 4.69) is 37.4 Å². The van der Waals surface area contributed by atoms with Gasteiger partial charge in [-0.2, -0.15) is 0 Å². The highest BCUT2D eigenvalue weighted by Gasteiger charge is 2.18. The van der Waals surface area contributed by atoms with E-state index in [1.165, 1.54) is 0 Å². The van der Waals surface area contributed by atoms with Crippen LogP contribution in [0.3, 0.4) is 0 Å². The van der Waals surface area contributed by atoms with Crippen LogP contribution in [0.1, 0.15) is 15.9 Å². The smallest absolute Gasteiger partial charge is 0.257 e. The average Bonchev–Trinajstić information content (AvgIpc) is 2.96. The first kappa shape index (κ1) is 24.8. The minimum atomic E-state index is -0.159. The van der Waals surface area contributed by atoms with Gasteiger partial charge in [0.15, 0.2) is 0 Å². The summed E-state index contributed by atoms with van der Waals surface area (Å²) in [4.78, 5) is 37.7. The van der Waals surface area contributed by atoms with E-state index >= 15 is 0 Å². The lowest BCUT2D eigenvalue weighted by Gasteiger charge is -2.32. The molecule has 2 aromatic heterocycles. The van der Waals surface area contributed by atoms with Crippen molar-refractivity contribution in [1.29, 1.82) is 0 Å². The molecule has 5 aromatic rings. The van der Waals surface area contributed by atoms with Crippen molar-refractivity contribution < 1.29 is 4.79 Å². The number of hydrogen-bond donors (Lipinski definition) is 3. The molecule has 3 heterocycles. The molecule has 0 unspecified atom stereocenters. The zero-order valence-electron chi connectivity index (χ0n) is 21.8. The van der Waals surface area contributed by atoms with E-state index in [9.17, 15) is 9.59 Å². The SMILES string of the molecule is CN1CCN(Cc2ccccc2C(=O)Nc2ccc(Nc3ccnc4[nH]c(=O)c5ccccc5c34)cc2)CC1. The summed E-state index contributed by atoms with van der Waals surface area (Å²) in [6.45, 7) is 4.84. The second kappa shape index (κ2) is 10.7. The summed E-state index contributed by atoms with van der Waals surface area (Å²) in [5.74, 6) is -0.115. The summed E-state index contributed by atoms with van der Waals surface area (Å²) >= 11 is 0. The molecule has 196 valence electrons. The second-order valence-corrected chi connectivity index (χ2v) is 9.97. The van der Waals surface area contributed by atoms with E-state index < -0.39 is 0 Å². The van der Waals surface area contributed by atoms with Crippen LogP contribution in [0.15, 0.2) is 89.9 Å². The molecule has 1 amide bonds. The van der Waals surface area contributed by atoms with E-state index in [1.54, 1.807) is 6.20 Å². The maximum absolute atomic E-state index is 13.2. The van der Waals surface area contributed by atoms with E-state index in [4.69, 9.17) is 0 Å². The number of carbonyl (C=O) groups is 1. The largest absolute Gasteiger partial charge is 0.355 e. The van der Waals surface area contributed by atoms with E-state index in [0.717, 1.165) is 60.4 Å². The van der Waals surface area contributed by atoms with Crippen molar-refractivity contribution in [2.45, 2.75) is 6.54 Å². The van der Waals surface area contributed by atoms with Gasteiger partial charge in [-0.1, -0.05) is 36.4 Å². The Bertz CT molecular complexity index is 1700. The average molecular weight is 519 g/mol. The zero-order chi connectivity index (χ0) is 26.8. The topological polar surface area (TPSA) is 93.4 Å². The Morgan fingerprint density at radius 3 is 2.36 bits per heavy atom. The van der Waals surface area contributed by atoms with Gasteiger partial charge in [0.25, 0.3) is 11.5 Å². The van der Waals surface area contributed by atoms with E-state index in [1.807, 2.05) is 78.9 Å². The van der Waals surface area contributed by atoms with E-state index in [0.29, 0.717) is 22.3 Å². The minimum absolute atomic E-state index is 0.115. The molecule has 0 radical (unpaired) electrons. The van der Waals surface area contributed by atoms with Crippen molar-refractivity contribution in [2.75, 3.05) is 43.9 Å². The molecule has 3 aromatic carbocycles. The Balaban J connectivity index is 1.19. The van der Waals surface area contributed by atoms with Crippen LogP contribution < -0.4 is 16.2 Å². The third-order valence-electron chi connectivity index (χ3n) is 7.30. The Hall–Kier alpha value is -4.53. The molecule has 0 aliphatic carbocycles. The number of H-pyrrole nitrogens is 1. The molecule has 1 aliphatic rings. The third-order valence-corrected chi connectivity index (χ3v) is 7.30. The lowest BCUT2D eigenvalue weighted by Crippen LogP contribution is -2.44. The molecule has 0 saturated carbocycles. The molecule has 39 heavy (non-hydrogen) atoms. The second-order valence-electron chi connectivity index (χ2n) is 9.97. The van der Waals surface area contributed by atoms with Crippen LogP contribution >= 0.6 is 0 Å². The number of nitrogens with one attached hydrogen (secondary N) is 3. The van der Waals surface area contributed by atoms with E-state index in [-0.39, 0.29) is 11.5 Å². The highest BCUT2D eigenvalue weighted by molar-refractivity contribution is 6.11. The van der Waals surface area contributed by atoms with Crippen LogP contribution in [0.2, 0.25) is 0 Å². The molecule has 0 bridgehead atoms. The fraction of sp³-hybridized carbons (Fsp3) is 0.194. The van der Waals surface area contributed by atoms with Crippen molar-refractivity contribution >= 4 is 44.8 Å². The summed E-state index contributed by atoms with van der Waals surface area (Å²) in [6, 6.07) is 24.8. The number of anilines is 3. The molecule has 1 aliphatic heterocycles. The summed E-state index contributed by atoms with van der Waals surface area (Å²) in [6.07, 6.45) is 1.67. The maximum Gasteiger partial charge on any atom is 0.257 e. The Kier molecular flexibility index (Phi) is 6.79. The van der Waals surface area contributed by atoms with Gasteiger partial charge in [0.05, 0.1) is 5.69 Å². The summed E-state index contributed by atoms with van der Waals surface area (Å²) in [7, 11) is 2.14. The predicted molar refractivity (Wildman–Crippen MR) is 157 cm³/mol. The summed E-state index contributed by atoms with van der Waals surface area (Å²) in [5, 5.41) is 8.80. The molecule has 1 saturated heterocycles. The molecular weight excluding hydrogens is 488 g/mol. The van der Waals surface area contributed by atoms with Gasteiger partial charge in [-0.25, -0.2) is 4.98 Å². The number of aromatic amines is 1.